The second-order valence-corrected chi connectivity index (χ2v) is 4.03. The van der Waals surface area contributed by atoms with Crippen molar-refractivity contribution in [2.75, 3.05) is 0 Å². The number of carbonyl (C=O) groups excluding carboxylic acids is 1. The van der Waals surface area contributed by atoms with E-state index >= 15 is 0 Å². The van der Waals surface area contributed by atoms with Gasteiger partial charge in [0, 0.05) is 12.3 Å². The van der Waals surface area contributed by atoms with E-state index in [1.165, 1.54) is 12.8 Å². The summed E-state index contributed by atoms with van der Waals surface area (Å²) in [4.78, 5) is 11.4. The van der Waals surface area contributed by atoms with Gasteiger partial charge in [0.1, 0.15) is 5.78 Å². The highest BCUT2D eigenvalue weighted by Gasteiger charge is 2.33. The molecule has 0 spiro atoms. The molecule has 1 rings (SSSR count). The number of ketones is 1. The van der Waals surface area contributed by atoms with Crippen molar-refractivity contribution in [3.63, 3.8) is 0 Å². The monoisotopic (exact) mass is 168 g/mol. The Labute approximate surface area is 75.5 Å². The van der Waals surface area contributed by atoms with E-state index in [0.717, 1.165) is 18.8 Å². The van der Waals surface area contributed by atoms with Gasteiger partial charge in [0.05, 0.1) is 0 Å². The summed E-state index contributed by atoms with van der Waals surface area (Å²) in [5.41, 5.74) is 0. The van der Waals surface area contributed by atoms with Gasteiger partial charge in [-0.15, -0.1) is 0 Å². The Hall–Kier alpha value is -0.330. The van der Waals surface area contributed by atoms with Gasteiger partial charge in [-0.1, -0.05) is 33.6 Å². The fourth-order valence-electron chi connectivity index (χ4n) is 2.61. The van der Waals surface area contributed by atoms with Crippen molar-refractivity contribution >= 4 is 5.78 Å². The maximum absolute atomic E-state index is 11.4. The highest BCUT2D eigenvalue weighted by molar-refractivity contribution is 5.81. The molecular weight excluding hydrogens is 148 g/mol. The Kier molecular flexibility index (Phi) is 3.30. The van der Waals surface area contributed by atoms with Gasteiger partial charge in [0.15, 0.2) is 0 Å². The average Bonchev–Trinajstić information content (AvgIpc) is 2.09. The first-order valence-electron chi connectivity index (χ1n) is 5.23. The summed E-state index contributed by atoms with van der Waals surface area (Å²) >= 11 is 0. The molecule has 1 aliphatic carbocycles. The van der Waals surface area contributed by atoms with Gasteiger partial charge in [-0.25, -0.2) is 0 Å². The predicted octanol–water partition coefficient (Wildman–Crippen LogP) is 3.04. The maximum atomic E-state index is 11.4. The van der Waals surface area contributed by atoms with E-state index in [-0.39, 0.29) is 0 Å². The van der Waals surface area contributed by atoms with Crippen LogP contribution >= 0.6 is 0 Å². The molecule has 1 fully saturated rings. The number of Topliss-reactive ketones (excluding diaryl/α,β-unsaturated/α-hetero) is 1. The predicted molar refractivity (Wildman–Crippen MR) is 51.0 cm³/mol. The number of hydrogen-bond acceptors (Lipinski definition) is 1. The van der Waals surface area contributed by atoms with Crippen molar-refractivity contribution in [1.82, 2.24) is 0 Å². The molecular formula is C11H20O. The molecule has 1 aliphatic rings. The zero-order valence-corrected chi connectivity index (χ0v) is 8.47. The molecule has 0 radical (unpaired) electrons. The SMILES string of the molecule is CCC1CCC(=O)C(C)C1CC. The number of hydrogen-bond donors (Lipinski definition) is 0. The van der Waals surface area contributed by atoms with Crippen LogP contribution in [0.4, 0.5) is 0 Å². The van der Waals surface area contributed by atoms with Crippen LogP contribution in [-0.4, -0.2) is 5.78 Å². The molecule has 1 heteroatoms. The molecule has 1 saturated carbocycles. The highest BCUT2D eigenvalue weighted by atomic mass is 16.1. The molecule has 0 saturated heterocycles. The molecule has 0 aromatic carbocycles. The van der Waals surface area contributed by atoms with Crippen LogP contribution in [0.25, 0.3) is 0 Å². The Bertz CT molecular complexity index is 162. The average molecular weight is 168 g/mol. The third-order valence-electron chi connectivity index (χ3n) is 3.51. The van der Waals surface area contributed by atoms with Crippen molar-refractivity contribution in [2.24, 2.45) is 17.8 Å². The minimum Gasteiger partial charge on any atom is -0.299 e. The van der Waals surface area contributed by atoms with Gasteiger partial charge in [0.25, 0.3) is 0 Å². The van der Waals surface area contributed by atoms with Crippen LogP contribution < -0.4 is 0 Å². The second-order valence-electron chi connectivity index (χ2n) is 4.03. The molecule has 0 aromatic rings. The van der Waals surface area contributed by atoms with Crippen LogP contribution in [0.1, 0.15) is 46.5 Å². The lowest BCUT2D eigenvalue weighted by molar-refractivity contribution is -0.127. The van der Waals surface area contributed by atoms with E-state index in [9.17, 15) is 4.79 Å². The number of carbonyl (C=O) groups is 1. The lowest BCUT2D eigenvalue weighted by atomic mass is 9.70. The summed E-state index contributed by atoms with van der Waals surface area (Å²) in [5.74, 6) is 2.29. The van der Waals surface area contributed by atoms with E-state index in [1.54, 1.807) is 0 Å². The lowest BCUT2D eigenvalue weighted by Gasteiger charge is -2.34. The Morgan fingerprint density at radius 3 is 2.50 bits per heavy atom. The lowest BCUT2D eigenvalue weighted by Crippen LogP contribution is -2.32. The van der Waals surface area contributed by atoms with E-state index < -0.39 is 0 Å². The molecule has 0 aromatic heterocycles. The van der Waals surface area contributed by atoms with Gasteiger partial charge in [0.2, 0.25) is 0 Å². The van der Waals surface area contributed by atoms with Gasteiger partial charge in [-0.3, -0.25) is 4.79 Å². The third-order valence-corrected chi connectivity index (χ3v) is 3.51. The zero-order chi connectivity index (χ0) is 9.14. The van der Waals surface area contributed by atoms with Crippen LogP contribution in [0.5, 0.6) is 0 Å². The summed E-state index contributed by atoms with van der Waals surface area (Å²) < 4.78 is 0. The molecule has 0 N–H and O–H groups in total. The Morgan fingerprint density at radius 2 is 2.00 bits per heavy atom. The van der Waals surface area contributed by atoms with Crippen molar-refractivity contribution < 1.29 is 4.79 Å². The topological polar surface area (TPSA) is 17.1 Å². The van der Waals surface area contributed by atoms with Crippen molar-refractivity contribution in [2.45, 2.75) is 46.5 Å². The molecule has 12 heavy (non-hydrogen) atoms. The van der Waals surface area contributed by atoms with Gasteiger partial charge >= 0.3 is 0 Å². The molecule has 0 bridgehead atoms. The van der Waals surface area contributed by atoms with Crippen molar-refractivity contribution in [1.29, 1.82) is 0 Å². The van der Waals surface area contributed by atoms with Crippen LogP contribution in [0, 0.1) is 17.8 Å². The normalized spacial score (nSPS) is 36.9. The van der Waals surface area contributed by atoms with Crippen LogP contribution in [0.2, 0.25) is 0 Å². The van der Waals surface area contributed by atoms with E-state index in [2.05, 4.69) is 20.8 Å². The largest absolute Gasteiger partial charge is 0.299 e. The van der Waals surface area contributed by atoms with Gasteiger partial charge in [-0.05, 0) is 18.3 Å². The van der Waals surface area contributed by atoms with E-state index in [4.69, 9.17) is 0 Å². The number of rotatable bonds is 2. The smallest absolute Gasteiger partial charge is 0.135 e. The van der Waals surface area contributed by atoms with Crippen LogP contribution in [0.15, 0.2) is 0 Å². The summed E-state index contributed by atoms with van der Waals surface area (Å²) in [6, 6.07) is 0. The first-order valence-corrected chi connectivity index (χ1v) is 5.23. The quantitative estimate of drug-likeness (QED) is 0.619. The minimum atomic E-state index is 0.327. The van der Waals surface area contributed by atoms with Crippen molar-refractivity contribution in [3.8, 4) is 0 Å². The molecule has 70 valence electrons. The van der Waals surface area contributed by atoms with Crippen LogP contribution in [-0.2, 0) is 4.79 Å². The maximum Gasteiger partial charge on any atom is 0.135 e. The van der Waals surface area contributed by atoms with Crippen molar-refractivity contribution in [3.05, 3.63) is 0 Å². The first-order chi connectivity index (χ1) is 5.70. The van der Waals surface area contributed by atoms with E-state index in [1.807, 2.05) is 0 Å². The molecule has 1 nitrogen and oxygen atoms in total. The molecule has 0 amide bonds. The third kappa shape index (κ3) is 1.70. The zero-order valence-electron chi connectivity index (χ0n) is 8.47. The second kappa shape index (κ2) is 4.06. The van der Waals surface area contributed by atoms with Crippen LogP contribution in [0.3, 0.4) is 0 Å². The first kappa shape index (κ1) is 9.76. The molecule has 3 atom stereocenters. The summed E-state index contributed by atoms with van der Waals surface area (Å²) in [6.45, 7) is 6.57. The minimum absolute atomic E-state index is 0.327. The van der Waals surface area contributed by atoms with Gasteiger partial charge < -0.3 is 0 Å². The van der Waals surface area contributed by atoms with Gasteiger partial charge in [-0.2, -0.15) is 0 Å². The summed E-state index contributed by atoms with van der Waals surface area (Å²) in [5, 5.41) is 0. The Balaban J connectivity index is 2.64. The molecule has 0 aliphatic heterocycles. The van der Waals surface area contributed by atoms with E-state index in [0.29, 0.717) is 17.6 Å². The standard InChI is InChI=1S/C11H20O/c1-4-9-6-7-11(12)8(3)10(9)5-2/h8-10H,4-7H2,1-3H3. The molecule has 3 unspecified atom stereocenters. The fraction of sp³-hybridized carbons (Fsp3) is 0.909. The Morgan fingerprint density at radius 1 is 1.33 bits per heavy atom. The summed E-state index contributed by atoms with van der Waals surface area (Å²) in [6.07, 6.45) is 4.38. The highest BCUT2D eigenvalue weighted by Crippen LogP contribution is 2.36. The molecule has 0 heterocycles. The fourth-order valence-corrected chi connectivity index (χ4v) is 2.61. The summed E-state index contributed by atoms with van der Waals surface area (Å²) in [7, 11) is 0.